The van der Waals surface area contributed by atoms with Crippen molar-refractivity contribution >= 4 is 21.6 Å². The third kappa shape index (κ3) is 3.36. The lowest BCUT2D eigenvalue weighted by Crippen LogP contribution is -2.37. The van der Waals surface area contributed by atoms with Crippen molar-refractivity contribution < 1.29 is 17.2 Å². The van der Waals surface area contributed by atoms with Crippen LogP contribution in [-0.2, 0) is 17.1 Å². The highest BCUT2D eigenvalue weighted by atomic mass is 35.5. The summed E-state index contributed by atoms with van der Waals surface area (Å²) in [7, 11) is -2.55. The first-order valence-corrected chi connectivity index (χ1v) is 6.69. The molecule has 17 heavy (non-hydrogen) atoms. The first-order valence-electron chi connectivity index (χ1n) is 4.72. The predicted molar refractivity (Wildman–Crippen MR) is 58.7 cm³/mol. The third-order valence-electron chi connectivity index (χ3n) is 2.06. The molecule has 0 aliphatic heterocycles. The highest BCUT2D eigenvalue weighted by molar-refractivity contribution is 7.89. The van der Waals surface area contributed by atoms with Crippen LogP contribution in [0.25, 0.3) is 0 Å². The monoisotopic (exact) mass is 287 g/mol. The van der Waals surface area contributed by atoms with Gasteiger partial charge in [-0.1, -0.05) is 0 Å². The molecule has 98 valence electrons. The molecule has 1 rings (SSSR count). The fraction of sp³-hybridized carbons (Fsp3) is 0.625. The molecular weight excluding hydrogens is 276 g/mol. The molecule has 0 atom stereocenters. The van der Waals surface area contributed by atoms with Crippen molar-refractivity contribution in [2.24, 2.45) is 7.05 Å². The van der Waals surface area contributed by atoms with Gasteiger partial charge in [-0.2, -0.15) is 9.40 Å². The largest absolute Gasteiger partial charge is 0.260 e. The van der Waals surface area contributed by atoms with Gasteiger partial charge in [-0.25, -0.2) is 17.2 Å². The summed E-state index contributed by atoms with van der Waals surface area (Å²) in [5.74, 6) is -0.0518. The molecule has 0 N–H and O–H groups in total. The highest BCUT2D eigenvalue weighted by Gasteiger charge is 2.28. The molecule has 1 aromatic rings. The fourth-order valence-electron chi connectivity index (χ4n) is 1.30. The minimum atomic E-state index is -3.98. The van der Waals surface area contributed by atoms with Crippen LogP contribution in [0, 0.1) is 0 Å². The zero-order valence-electron chi connectivity index (χ0n) is 9.05. The number of hydrogen-bond acceptors (Lipinski definition) is 3. The van der Waals surface area contributed by atoms with E-state index >= 15 is 0 Å². The number of alkyl halides is 3. The Morgan fingerprint density at radius 1 is 1.59 bits per heavy atom. The molecule has 0 radical (unpaired) electrons. The van der Waals surface area contributed by atoms with Gasteiger partial charge in [0.25, 0.3) is 16.4 Å². The maximum absolute atomic E-state index is 12.3. The predicted octanol–water partition coefficient (Wildman–Crippen LogP) is 0.915. The number of nitrogens with zero attached hydrogens (tertiary/aromatic N) is 3. The molecule has 1 aromatic heterocycles. The van der Waals surface area contributed by atoms with Crippen molar-refractivity contribution in [2.45, 2.75) is 11.5 Å². The smallest absolute Gasteiger partial charge is 0.256 e. The zero-order chi connectivity index (χ0) is 13.1. The van der Waals surface area contributed by atoms with Crippen LogP contribution in [0.2, 0.25) is 0 Å². The van der Waals surface area contributed by atoms with Gasteiger partial charge in [-0.3, -0.25) is 4.68 Å². The van der Waals surface area contributed by atoms with Gasteiger partial charge in [0.05, 0.1) is 12.7 Å². The van der Waals surface area contributed by atoms with Crippen molar-refractivity contribution in [3.05, 3.63) is 12.3 Å². The van der Waals surface area contributed by atoms with Gasteiger partial charge >= 0.3 is 0 Å². The third-order valence-corrected chi connectivity index (χ3v) is 4.17. The van der Waals surface area contributed by atoms with Crippen LogP contribution in [0.4, 0.5) is 8.78 Å². The minimum absolute atomic E-state index is 0.0518. The maximum Gasteiger partial charge on any atom is 0.260 e. The number of rotatable bonds is 6. The zero-order valence-corrected chi connectivity index (χ0v) is 10.6. The molecule has 0 aliphatic carbocycles. The summed E-state index contributed by atoms with van der Waals surface area (Å²) in [4.78, 5) is 0. The van der Waals surface area contributed by atoms with Crippen LogP contribution in [0.15, 0.2) is 17.3 Å². The first-order chi connectivity index (χ1) is 7.89. The number of hydrogen-bond donors (Lipinski definition) is 0. The SMILES string of the molecule is Cn1nccc1S(=O)(=O)N(CCCl)CC(F)F. The van der Waals surface area contributed by atoms with Gasteiger partial charge in [0, 0.05) is 19.5 Å². The summed E-state index contributed by atoms with van der Waals surface area (Å²) >= 11 is 5.41. The van der Waals surface area contributed by atoms with E-state index < -0.39 is 23.0 Å². The quantitative estimate of drug-likeness (QED) is 0.731. The molecule has 0 saturated carbocycles. The lowest BCUT2D eigenvalue weighted by molar-refractivity contribution is 0.121. The molecule has 0 fully saturated rings. The molecule has 9 heteroatoms. The Labute approximate surface area is 103 Å². The van der Waals surface area contributed by atoms with Crippen LogP contribution in [0.1, 0.15) is 0 Å². The van der Waals surface area contributed by atoms with E-state index in [1.807, 2.05) is 0 Å². The Balaban J connectivity index is 3.04. The van der Waals surface area contributed by atoms with E-state index in [9.17, 15) is 17.2 Å². The van der Waals surface area contributed by atoms with Crippen LogP contribution < -0.4 is 0 Å². The summed E-state index contributed by atoms with van der Waals surface area (Å²) in [6, 6.07) is 1.25. The Bertz CT molecular complexity index is 463. The summed E-state index contributed by atoms with van der Waals surface area (Å²) < 4.78 is 50.4. The van der Waals surface area contributed by atoms with Crippen molar-refractivity contribution in [3.8, 4) is 0 Å². The van der Waals surface area contributed by atoms with E-state index in [4.69, 9.17) is 11.6 Å². The summed E-state index contributed by atoms with van der Waals surface area (Å²) in [5, 5.41) is 3.56. The average Bonchev–Trinajstić information content (AvgIpc) is 2.63. The van der Waals surface area contributed by atoms with E-state index in [0.29, 0.717) is 4.31 Å². The topological polar surface area (TPSA) is 55.2 Å². The van der Waals surface area contributed by atoms with Crippen LogP contribution in [0.3, 0.4) is 0 Å². The van der Waals surface area contributed by atoms with Crippen LogP contribution >= 0.6 is 11.6 Å². The van der Waals surface area contributed by atoms with Crippen molar-refractivity contribution in [1.82, 2.24) is 14.1 Å². The van der Waals surface area contributed by atoms with Gasteiger partial charge < -0.3 is 0 Å². The van der Waals surface area contributed by atoms with E-state index in [2.05, 4.69) is 5.10 Å². The second kappa shape index (κ2) is 5.74. The van der Waals surface area contributed by atoms with Gasteiger partial charge in [0.2, 0.25) is 0 Å². The summed E-state index contributed by atoms with van der Waals surface area (Å²) in [6.45, 7) is -1.04. The molecule has 0 amide bonds. The lowest BCUT2D eigenvalue weighted by Gasteiger charge is -2.20. The number of aryl methyl sites for hydroxylation is 1. The lowest BCUT2D eigenvalue weighted by atomic mass is 10.6. The number of aromatic nitrogens is 2. The normalized spacial score (nSPS) is 12.6. The molecular formula is C8H12ClF2N3O2S. The van der Waals surface area contributed by atoms with E-state index in [1.54, 1.807) is 0 Å². The van der Waals surface area contributed by atoms with Crippen LogP contribution in [0.5, 0.6) is 0 Å². The van der Waals surface area contributed by atoms with Gasteiger partial charge in [0.15, 0.2) is 5.03 Å². The van der Waals surface area contributed by atoms with Crippen molar-refractivity contribution in [1.29, 1.82) is 0 Å². The average molecular weight is 288 g/mol. The van der Waals surface area contributed by atoms with E-state index in [-0.39, 0.29) is 17.5 Å². The maximum atomic E-state index is 12.3. The Morgan fingerprint density at radius 2 is 2.24 bits per heavy atom. The van der Waals surface area contributed by atoms with Crippen molar-refractivity contribution in [2.75, 3.05) is 19.0 Å². The molecule has 1 heterocycles. The molecule has 0 spiro atoms. The van der Waals surface area contributed by atoms with E-state index in [1.165, 1.54) is 19.3 Å². The molecule has 0 bridgehead atoms. The van der Waals surface area contributed by atoms with Gasteiger partial charge in [0.1, 0.15) is 0 Å². The van der Waals surface area contributed by atoms with Gasteiger partial charge in [-0.05, 0) is 6.07 Å². The molecule has 5 nitrogen and oxygen atoms in total. The Morgan fingerprint density at radius 3 is 2.65 bits per heavy atom. The Kier molecular flexibility index (Phi) is 4.84. The minimum Gasteiger partial charge on any atom is -0.256 e. The summed E-state index contributed by atoms with van der Waals surface area (Å²) in [5.41, 5.74) is 0. The second-order valence-electron chi connectivity index (χ2n) is 3.24. The van der Waals surface area contributed by atoms with Crippen molar-refractivity contribution in [3.63, 3.8) is 0 Å². The number of sulfonamides is 1. The molecule has 0 aliphatic rings. The first kappa shape index (κ1) is 14.3. The molecule has 0 aromatic carbocycles. The highest BCUT2D eigenvalue weighted by Crippen LogP contribution is 2.15. The number of halogens is 3. The summed E-state index contributed by atoms with van der Waals surface area (Å²) in [6.07, 6.45) is -1.46. The molecule has 0 saturated heterocycles. The fourth-order valence-corrected chi connectivity index (χ4v) is 3.13. The Hall–Kier alpha value is -0.730. The van der Waals surface area contributed by atoms with Gasteiger partial charge in [-0.15, -0.1) is 11.6 Å². The molecule has 0 unspecified atom stereocenters. The second-order valence-corrected chi connectivity index (χ2v) is 5.50. The van der Waals surface area contributed by atoms with Crippen LogP contribution in [-0.4, -0.2) is 47.9 Å². The van der Waals surface area contributed by atoms with E-state index in [0.717, 1.165) is 4.68 Å². The standard InChI is InChI=1S/C8H12ClF2N3O2S/c1-13-8(2-4-12-13)17(15,16)14(5-3-9)6-7(10)11/h2,4,7H,3,5-6H2,1H3.